The van der Waals surface area contributed by atoms with E-state index in [2.05, 4.69) is 5.32 Å². The zero-order chi connectivity index (χ0) is 25.8. The fraction of sp³-hybridized carbons (Fsp3) is 0.379. The van der Waals surface area contributed by atoms with Crippen LogP contribution in [0.1, 0.15) is 64.5 Å². The Morgan fingerprint density at radius 1 is 1.00 bits per heavy atom. The highest BCUT2D eigenvalue weighted by Gasteiger charge is 2.39. The molecule has 4 rings (SSSR count). The maximum atomic E-state index is 14.1. The van der Waals surface area contributed by atoms with Gasteiger partial charge in [0.15, 0.2) is 17.3 Å². The molecule has 0 bridgehead atoms. The van der Waals surface area contributed by atoms with Crippen molar-refractivity contribution in [3.8, 4) is 11.5 Å². The van der Waals surface area contributed by atoms with E-state index in [1.807, 2.05) is 39.0 Å². The van der Waals surface area contributed by atoms with Gasteiger partial charge in [-0.25, -0.2) is 0 Å². The first-order chi connectivity index (χ1) is 17.3. The van der Waals surface area contributed by atoms with Gasteiger partial charge >= 0.3 is 0 Å². The number of furan rings is 1. The largest absolute Gasteiger partial charge is 0.493 e. The van der Waals surface area contributed by atoms with Gasteiger partial charge in [0, 0.05) is 11.6 Å². The second-order valence-corrected chi connectivity index (χ2v) is 9.38. The lowest BCUT2D eigenvalue weighted by molar-refractivity contribution is -0.123. The average molecular weight is 491 g/mol. The Morgan fingerprint density at radius 2 is 1.69 bits per heavy atom. The van der Waals surface area contributed by atoms with Crippen LogP contribution >= 0.6 is 0 Å². The monoisotopic (exact) mass is 490 g/mol. The van der Waals surface area contributed by atoms with Gasteiger partial charge in [0.2, 0.25) is 5.91 Å². The van der Waals surface area contributed by atoms with Crippen LogP contribution in [0, 0.1) is 20.8 Å². The zero-order valence-corrected chi connectivity index (χ0v) is 21.6. The first kappa shape index (κ1) is 25.4. The summed E-state index contributed by atoms with van der Waals surface area (Å²) in [4.78, 5) is 29.7. The van der Waals surface area contributed by atoms with E-state index in [0.717, 1.165) is 42.4 Å². The Bertz CT molecular complexity index is 1210. The van der Waals surface area contributed by atoms with Crippen molar-refractivity contribution in [3.05, 3.63) is 76.7 Å². The molecule has 1 N–H and O–H groups in total. The van der Waals surface area contributed by atoms with Gasteiger partial charge in [0.1, 0.15) is 6.04 Å². The minimum Gasteiger partial charge on any atom is -0.493 e. The van der Waals surface area contributed by atoms with Gasteiger partial charge in [-0.2, -0.15) is 0 Å². The molecule has 0 radical (unpaired) electrons. The molecule has 1 fully saturated rings. The molecule has 1 aromatic heterocycles. The molecule has 1 heterocycles. The molecule has 1 saturated carbocycles. The minimum atomic E-state index is -1.02. The van der Waals surface area contributed by atoms with Crippen molar-refractivity contribution in [2.24, 2.45) is 0 Å². The minimum absolute atomic E-state index is 0.0670. The molecule has 0 unspecified atom stereocenters. The number of nitrogens with one attached hydrogen (secondary N) is 1. The second-order valence-electron chi connectivity index (χ2n) is 9.38. The van der Waals surface area contributed by atoms with Crippen molar-refractivity contribution in [2.75, 3.05) is 19.1 Å². The third-order valence-electron chi connectivity index (χ3n) is 6.76. The van der Waals surface area contributed by atoms with Crippen LogP contribution in [0.25, 0.3) is 0 Å². The van der Waals surface area contributed by atoms with Gasteiger partial charge < -0.3 is 19.2 Å². The van der Waals surface area contributed by atoms with Crippen LogP contribution in [0.3, 0.4) is 0 Å². The van der Waals surface area contributed by atoms with Gasteiger partial charge in [-0.15, -0.1) is 0 Å². The van der Waals surface area contributed by atoms with Crippen molar-refractivity contribution >= 4 is 17.5 Å². The normalized spacial score (nSPS) is 14.4. The summed E-state index contributed by atoms with van der Waals surface area (Å²) < 4.78 is 16.8. The van der Waals surface area contributed by atoms with Gasteiger partial charge in [0.25, 0.3) is 5.91 Å². The molecule has 2 amide bonds. The lowest BCUT2D eigenvalue weighted by Crippen LogP contribution is -2.47. The number of ether oxygens (including phenoxy) is 2. The molecule has 3 aromatic rings. The van der Waals surface area contributed by atoms with Gasteiger partial charge in [-0.3, -0.25) is 14.5 Å². The van der Waals surface area contributed by atoms with Crippen LogP contribution < -0.4 is 19.7 Å². The Morgan fingerprint density at radius 3 is 2.28 bits per heavy atom. The molecule has 190 valence electrons. The summed E-state index contributed by atoms with van der Waals surface area (Å²) in [5.74, 6) is 0.358. The van der Waals surface area contributed by atoms with E-state index in [-0.39, 0.29) is 17.7 Å². The van der Waals surface area contributed by atoms with Crippen LogP contribution in [0.4, 0.5) is 5.69 Å². The van der Waals surface area contributed by atoms with Crippen LogP contribution in [0.2, 0.25) is 0 Å². The maximum absolute atomic E-state index is 14.1. The summed E-state index contributed by atoms with van der Waals surface area (Å²) in [6, 6.07) is 11.7. The summed E-state index contributed by atoms with van der Waals surface area (Å²) in [6.07, 6.45) is 5.44. The van der Waals surface area contributed by atoms with Gasteiger partial charge in [-0.05, 0) is 62.9 Å². The number of methoxy groups -OCH3 is 2. The van der Waals surface area contributed by atoms with Crippen molar-refractivity contribution in [1.82, 2.24) is 5.32 Å². The summed E-state index contributed by atoms with van der Waals surface area (Å²) in [6.45, 7) is 5.91. The molecule has 1 aliphatic carbocycles. The number of carbonyl (C=O) groups excluding carboxylic acids is 2. The fourth-order valence-electron chi connectivity index (χ4n) is 5.29. The summed E-state index contributed by atoms with van der Waals surface area (Å²) in [5, 5.41) is 3.21. The molecule has 2 aromatic carbocycles. The van der Waals surface area contributed by atoms with Crippen LogP contribution in [-0.4, -0.2) is 32.1 Å². The summed E-state index contributed by atoms with van der Waals surface area (Å²) >= 11 is 0. The smallest absolute Gasteiger partial charge is 0.294 e. The van der Waals surface area contributed by atoms with Crippen LogP contribution in [0.5, 0.6) is 11.5 Å². The number of aryl methyl sites for hydroxylation is 3. The van der Waals surface area contributed by atoms with E-state index in [4.69, 9.17) is 13.9 Å². The Balaban J connectivity index is 1.96. The number of nitrogens with zero attached hydrogens (tertiary/aromatic N) is 1. The standard InChI is InChI=1S/C29H34N2O5/c1-18-16-19(2)25(20(3)17-18)31(29(33)24-14-9-15-36-24)26(28(32)30-21-10-6-7-11-21)22-12-8-13-23(34-4)27(22)35-5/h8-9,12-17,21,26H,6-7,10-11H2,1-5H3,(H,30,32)/t26-/m0/s1. The molecular formula is C29H34N2O5. The molecule has 0 spiro atoms. The van der Waals surface area contributed by atoms with E-state index < -0.39 is 11.9 Å². The highest BCUT2D eigenvalue weighted by atomic mass is 16.5. The zero-order valence-electron chi connectivity index (χ0n) is 21.6. The predicted molar refractivity (Wildman–Crippen MR) is 139 cm³/mol. The van der Waals surface area contributed by atoms with Crippen molar-refractivity contribution in [2.45, 2.75) is 58.5 Å². The van der Waals surface area contributed by atoms with Gasteiger partial charge in [-0.1, -0.05) is 42.7 Å². The van der Waals surface area contributed by atoms with E-state index in [1.54, 1.807) is 36.3 Å². The second kappa shape index (κ2) is 10.9. The van der Waals surface area contributed by atoms with E-state index in [0.29, 0.717) is 22.7 Å². The number of hydrogen-bond acceptors (Lipinski definition) is 5. The SMILES string of the molecule is COc1cccc([C@@H](C(=O)NC2CCCC2)N(C(=O)c2ccco2)c2c(C)cc(C)cc2C)c1OC. The number of benzene rings is 2. The lowest BCUT2D eigenvalue weighted by Gasteiger charge is -2.34. The number of amides is 2. The van der Waals surface area contributed by atoms with Crippen molar-refractivity contribution in [1.29, 1.82) is 0 Å². The molecule has 7 heteroatoms. The highest BCUT2D eigenvalue weighted by Crippen LogP contribution is 2.41. The molecule has 1 atom stereocenters. The Kier molecular flexibility index (Phi) is 7.67. The first-order valence-electron chi connectivity index (χ1n) is 12.3. The average Bonchev–Trinajstić information content (AvgIpc) is 3.56. The van der Waals surface area contributed by atoms with Crippen LogP contribution in [0.15, 0.2) is 53.1 Å². The van der Waals surface area contributed by atoms with Crippen LogP contribution in [-0.2, 0) is 4.79 Å². The van der Waals surface area contributed by atoms with E-state index in [1.165, 1.54) is 13.4 Å². The Labute approximate surface area is 212 Å². The molecule has 0 saturated heterocycles. The first-order valence-corrected chi connectivity index (χ1v) is 12.3. The molecule has 1 aliphatic rings. The molecule has 0 aliphatic heterocycles. The van der Waals surface area contributed by atoms with Crippen molar-refractivity contribution < 1.29 is 23.5 Å². The van der Waals surface area contributed by atoms with E-state index >= 15 is 0 Å². The maximum Gasteiger partial charge on any atom is 0.294 e. The lowest BCUT2D eigenvalue weighted by atomic mass is 9.97. The van der Waals surface area contributed by atoms with Gasteiger partial charge in [0.05, 0.1) is 26.2 Å². The number of hydrogen-bond donors (Lipinski definition) is 1. The predicted octanol–water partition coefficient (Wildman–Crippen LogP) is 5.67. The molecule has 7 nitrogen and oxygen atoms in total. The third kappa shape index (κ3) is 4.96. The Hall–Kier alpha value is -3.74. The topological polar surface area (TPSA) is 81.0 Å². The third-order valence-corrected chi connectivity index (χ3v) is 6.76. The number of carbonyl (C=O) groups is 2. The fourth-order valence-corrected chi connectivity index (χ4v) is 5.29. The summed E-state index contributed by atoms with van der Waals surface area (Å²) in [7, 11) is 3.09. The quantitative estimate of drug-likeness (QED) is 0.440. The molecular weight excluding hydrogens is 456 g/mol. The van der Waals surface area contributed by atoms with Crippen molar-refractivity contribution in [3.63, 3.8) is 0 Å². The number of rotatable bonds is 8. The summed E-state index contributed by atoms with van der Waals surface area (Å²) in [5.41, 5.74) is 4.04. The molecule has 36 heavy (non-hydrogen) atoms. The number of anilines is 1. The highest BCUT2D eigenvalue weighted by molar-refractivity contribution is 6.09. The van der Waals surface area contributed by atoms with E-state index in [9.17, 15) is 9.59 Å². The number of para-hydroxylation sites is 1.